The summed E-state index contributed by atoms with van der Waals surface area (Å²) in [6.45, 7) is 1.80. The highest BCUT2D eigenvalue weighted by atomic mass is 35.5. The summed E-state index contributed by atoms with van der Waals surface area (Å²) in [7, 11) is 0. The molecular weight excluding hydrogens is 416 g/mol. The number of carboxylic acids is 2. The Bertz CT molecular complexity index is 1130. The SMILES string of the molecule is Cc1c(C(=O)c2ccc(Cl)cc2)cccc1C(CCC(=O)O)c1ccccc1C(=O)O. The van der Waals surface area contributed by atoms with Gasteiger partial charge in [0.25, 0.3) is 0 Å². The van der Waals surface area contributed by atoms with Crippen molar-refractivity contribution in [1.29, 1.82) is 0 Å². The van der Waals surface area contributed by atoms with E-state index in [-0.39, 0.29) is 24.2 Å². The van der Waals surface area contributed by atoms with Gasteiger partial charge in [0.2, 0.25) is 0 Å². The smallest absolute Gasteiger partial charge is 0.335 e. The van der Waals surface area contributed by atoms with Crippen LogP contribution in [0.5, 0.6) is 0 Å². The molecule has 0 fully saturated rings. The van der Waals surface area contributed by atoms with Crippen LogP contribution in [-0.4, -0.2) is 27.9 Å². The van der Waals surface area contributed by atoms with E-state index in [1.54, 1.807) is 61.5 Å². The van der Waals surface area contributed by atoms with Crippen LogP contribution in [0, 0.1) is 6.92 Å². The number of ketones is 1. The first-order chi connectivity index (χ1) is 14.8. The van der Waals surface area contributed by atoms with E-state index < -0.39 is 17.9 Å². The standard InChI is InChI=1S/C25H21ClO5/c1-15-18(7-4-8-19(15)24(29)16-9-11-17(26)12-10-16)21(13-14-23(27)28)20-5-2-3-6-22(20)25(30)31/h2-12,21H,13-14H2,1H3,(H,27,28)(H,30,31). The molecule has 0 aromatic heterocycles. The molecule has 0 aliphatic carbocycles. The number of benzene rings is 3. The number of carbonyl (C=O) groups is 3. The average molecular weight is 437 g/mol. The van der Waals surface area contributed by atoms with E-state index >= 15 is 0 Å². The Morgan fingerprint density at radius 1 is 0.839 bits per heavy atom. The van der Waals surface area contributed by atoms with Gasteiger partial charge in [-0.3, -0.25) is 9.59 Å². The highest BCUT2D eigenvalue weighted by molar-refractivity contribution is 6.30. The molecule has 0 saturated carbocycles. The lowest BCUT2D eigenvalue weighted by Crippen LogP contribution is -2.13. The van der Waals surface area contributed by atoms with Gasteiger partial charge in [-0.25, -0.2) is 4.79 Å². The molecule has 3 aromatic carbocycles. The molecule has 1 unspecified atom stereocenters. The summed E-state index contributed by atoms with van der Waals surface area (Å²) in [6.07, 6.45) is 0.0759. The lowest BCUT2D eigenvalue weighted by molar-refractivity contribution is -0.137. The van der Waals surface area contributed by atoms with E-state index in [0.29, 0.717) is 27.3 Å². The topological polar surface area (TPSA) is 91.7 Å². The van der Waals surface area contributed by atoms with Crippen molar-refractivity contribution in [2.24, 2.45) is 0 Å². The van der Waals surface area contributed by atoms with Crippen molar-refractivity contribution in [2.45, 2.75) is 25.7 Å². The molecule has 6 heteroatoms. The number of hydrogen-bond acceptors (Lipinski definition) is 3. The minimum absolute atomic E-state index is 0.117. The predicted octanol–water partition coefficient (Wildman–Crippen LogP) is 5.57. The molecule has 0 spiro atoms. The number of aliphatic carboxylic acids is 1. The second-order valence-corrected chi connectivity index (χ2v) is 7.67. The number of halogens is 1. The summed E-state index contributed by atoms with van der Waals surface area (Å²) < 4.78 is 0. The Labute approximate surface area is 184 Å². The van der Waals surface area contributed by atoms with E-state index in [4.69, 9.17) is 11.6 Å². The average Bonchev–Trinajstić information content (AvgIpc) is 2.75. The van der Waals surface area contributed by atoms with Gasteiger partial charge in [0.1, 0.15) is 0 Å². The van der Waals surface area contributed by atoms with E-state index in [1.165, 1.54) is 6.07 Å². The molecule has 2 N–H and O–H groups in total. The van der Waals surface area contributed by atoms with Gasteiger partial charge in [-0.1, -0.05) is 48.0 Å². The molecular formula is C25H21ClO5. The molecule has 1 atom stereocenters. The normalized spacial score (nSPS) is 11.7. The monoisotopic (exact) mass is 436 g/mol. The van der Waals surface area contributed by atoms with Crippen LogP contribution in [0.2, 0.25) is 5.02 Å². The molecule has 3 aromatic rings. The van der Waals surface area contributed by atoms with Gasteiger partial charge in [0.05, 0.1) is 5.56 Å². The highest BCUT2D eigenvalue weighted by Crippen LogP contribution is 2.35. The van der Waals surface area contributed by atoms with Gasteiger partial charge in [-0.2, -0.15) is 0 Å². The number of aromatic carboxylic acids is 1. The quantitative estimate of drug-likeness (QED) is 0.450. The van der Waals surface area contributed by atoms with Crippen molar-refractivity contribution >= 4 is 29.3 Å². The summed E-state index contributed by atoms with van der Waals surface area (Å²) in [6, 6.07) is 18.4. The molecule has 0 radical (unpaired) electrons. The van der Waals surface area contributed by atoms with Gasteiger partial charge in [0.15, 0.2) is 5.78 Å². The largest absolute Gasteiger partial charge is 0.481 e. The molecule has 0 amide bonds. The lowest BCUT2D eigenvalue weighted by atomic mass is 9.81. The third-order valence-corrected chi connectivity index (χ3v) is 5.57. The summed E-state index contributed by atoms with van der Waals surface area (Å²) >= 11 is 5.92. The van der Waals surface area contributed by atoms with Crippen LogP contribution < -0.4 is 0 Å². The third kappa shape index (κ3) is 5.01. The van der Waals surface area contributed by atoms with Crippen molar-refractivity contribution in [3.05, 3.63) is 105 Å². The molecule has 158 valence electrons. The van der Waals surface area contributed by atoms with Crippen molar-refractivity contribution in [2.75, 3.05) is 0 Å². The van der Waals surface area contributed by atoms with Crippen LogP contribution in [0.25, 0.3) is 0 Å². The number of rotatable bonds is 8. The zero-order chi connectivity index (χ0) is 22.5. The summed E-state index contributed by atoms with van der Waals surface area (Å²) in [5.41, 5.74) is 3.03. The Hall–Kier alpha value is -3.44. The van der Waals surface area contributed by atoms with E-state index in [2.05, 4.69) is 0 Å². The first kappa shape index (κ1) is 22.2. The van der Waals surface area contributed by atoms with Crippen molar-refractivity contribution in [3.8, 4) is 0 Å². The molecule has 31 heavy (non-hydrogen) atoms. The number of carbonyl (C=O) groups excluding carboxylic acids is 1. The van der Waals surface area contributed by atoms with Crippen LogP contribution in [0.1, 0.15) is 61.7 Å². The summed E-state index contributed by atoms with van der Waals surface area (Å²) in [5.74, 6) is -2.72. The highest BCUT2D eigenvalue weighted by Gasteiger charge is 2.24. The van der Waals surface area contributed by atoms with Gasteiger partial charge >= 0.3 is 11.9 Å². The molecule has 0 saturated heterocycles. The lowest BCUT2D eigenvalue weighted by Gasteiger charge is -2.22. The summed E-state index contributed by atoms with van der Waals surface area (Å²) in [5, 5.41) is 19.4. The minimum Gasteiger partial charge on any atom is -0.481 e. The van der Waals surface area contributed by atoms with Crippen molar-refractivity contribution in [1.82, 2.24) is 0 Å². The Kier molecular flexibility index (Phi) is 6.88. The molecule has 0 aliphatic heterocycles. The first-order valence-corrected chi connectivity index (χ1v) is 10.1. The van der Waals surface area contributed by atoms with E-state index in [9.17, 15) is 24.6 Å². The van der Waals surface area contributed by atoms with Crippen LogP contribution in [0.15, 0.2) is 66.7 Å². The van der Waals surface area contributed by atoms with E-state index in [0.717, 1.165) is 5.56 Å². The zero-order valence-electron chi connectivity index (χ0n) is 16.8. The van der Waals surface area contributed by atoms with Crippen LogP contribution in [0.3, 0.4) is 0 Å². The molecule has 0 aliphatic rings. The molecule has 5 nitrogen and oxygen atoms in total. The predicted molar refractivity (Wildman–Crippen MR) is 118 cm³/mol. The fourth-order valence-electron chi connectivity index (χ4n) is 3.78. The first-order valence-electron chi connectivity index (χ1n) is 9.73. The van der Waals surface area contributed by atoms with Crippen LogP contribution >= 0.6 is 11.6 Å². The van der Waals surface area contributed by atoms with Crippen molar-refractivity contribution < 1.29 is 24.6 Å². The fourth-order valence-corrected chi connectivity index (χ4v) is 3.90. The fraction of sp³-hybridized carbons (Fsp3) is 0.160. The van der Waals surface area contributed by atoms with Gasteiger partial charge < -0.3 is 10.2 Å². The second-order valence-electron chi connectivity index (χ2n) is 7.23. The summed E-state index contributed by atoms with van der Waals surface area (Å²) in [4.78, 5) is 36.2. The Morgan fingerprint density at radius 3 is 2.10 bits per heavy atom. The Balaban J connectivity index is 2.11. The molecule has 3 rings (SSSR count). The Morgan fingerprint density at radius 2 is 1.45 bits per heavy atom. The van der Waals surface area contributed by atoms with Gasteiger partial charge in [-0.15, -0.1) is 0 Å². The second kappa shape index (κ2) is 9.58. The van der Waals surface area contributed by atoms with Crippen LogP contribution in [0.4, 0.5) is 0 Å². The van der Waals surface area contributed by atoms with Gasteiger partial charge in [0, 0.05) is 28.5 Å². The van der Waals surface area contributed by atoms with E-state index in [1.807, 2.05) is 6.07 Å². The van der Waals surface area contributed by atoms with Crippen molar-refractivity contribution in [3.63, 3.8) is 0 Å². The molecule has 0 bridgehead atoms. The maximum Gasteiger partial charge on any atom is 0.335 e. The number of hydrogen-bond donors (Lipinski definition) is 2. The zero-order valence-corrected chi connectivity index (χ0v) is 17.6. The molecule has 0 heterocycles. The number of carboxylic acid groups (broad SMARTS) is 2. The minimum atomic E-state index is -1.08. The van der Waals surface area contributed by atoms with Crippen LogP contribution in [-0.2, 0) is 4.79 Å². The van der Waals surface area contributed by atoms with Gasteiger partial charge in [-0.05, 0) is 60.4 Å². The maximum absolute atomic E-state index is 13.1. The third-order valence-electron chi connectivity index (χ3n) is 5.32. The maximum atomic E-state index is 13.1.